The van der Waals surface area contributed by atoms with Crippen molar-refractivity contribution in [3.8, 4) is 5.75 Å². The largest absolute Gasteiger partial charge is 0.496 e. The summed E-state index contributed by atoms with van der Waals surface area (Å²) < 4.78 is 18.0. The number of nitrogens with one attached hydrogen (secondary N) is 1. The Morgan fingerprint density at radius 1 is 1.19 bits per heavy atom. The topological polar surface area (TPSA) is 38.3 Å². The zero-order valence-corrected chi connectivity index (χ0v) is 11.9. The molecule has 0 bridgehead atoms. The highest BCUT2D eigenvalue weighted by Crippen LogP contribution is 2.21. The molecule has 0 aromatic heterocycles. The summed E-state index contributed by atoms with van der Waals surface area (Å²) in [5.74, 6) is 0.0737. The first-order valence-corrected chi connectivity index (χ1v) is 6.48. The number of hydrogen-bond donors (Lipinski definition) is 1. The predicted molar refractivity (Wildman–Crippen MR) is 81.8 cm³/mol. The van der Waals surface area contributed by atoms with Crippen molar-refractivity contribution in [2.75, 3.05) is 12.4 Å². The second kappa shape index (κ2) is 6.70. The minimum Gasteiger partial charge on any atom is -0.496 e. The molecule has 108 valence electrons. The Hall–Kier alpha value is -2.62. The molecule has 4 heteroatoms. The van der Waals surface area contributed by atoms with Gasteiger partial charge in [0.25, 0.3) is 0 Å². The van der Waals surface area contributed by atoms with Crippen LogP contribution >= 0.6 is 0 Å². The molecule has 1 amide bonds. The van der Waals surface area contributed by atoms with Crippen molar-refractivity contribution in [2.24, 2.45) is 0 Å². The molecule has 0 aliphatic rings. The zero-order chi connectivity index (χ0) is 15.2. The van der Waals surface area contributed by atoms with Crippen LogP contribution in [0.3, 0.4) is 0 Å². The minimum atomic E-state index is -0.340. The second-order valence-electron chi connectivity index (χ2n) is 4.57. The van der Waals surface area contributed by atoms with E-state index in [2.05, 4.69) is 5.32 Å². The van der Waals surface area contributed by atoms with Gasteiger partial charge in [0.2, 0.25) is 5.91 Å². The van der Waals surface area contributed by atoms with E-state index in [0.29, 0.717) is 11.4 Å². The van der Waals surface area contributed by atoms with Crippen molar-refractivity contribution in [1.29, 1.82) is 0 Å². The van der Waals surface area contributed by atoms with Crippen LogP contribution in [0.5, 0.6) is 5.75 Å². The number of ether oxygens (including phenoxy) is 1. The van der Waals surface area contributed by atoms with Gasteiger partial charge in [0.15, 0.2) is 0 Å². The number of carbonyl (C=O) groups excluding carboxylic acids is 1. The second-order valence-corrected chi connectivity index (χ2v) is 4.57. The van der Waals surface area contributed by atoms with Crippen molar-refractivity contribution < 1.29 is 13.9 Å². The fourth-order valence-electron chi connectivity index (χ4n) is 1.87. The molecule has 0 aliphatic heterocycles. The lowest BCUT2D eigenvalue weighted by Crippen LogP contribution is -2.07. The summed E-state index contributed by atoms with van der Waals surface area (Å²) in [6.45, 7) is 1.97. The number of anilines is 1. The van der Waals surface area contributed by atoms with Crippen LogP contribution < -0.4 is 10.1 Å². The van der Waals surface area contributed by atoms with Crippen LogP contribution in [0.25, 0.3) is 6.08 Å². The molecule has 21 heavy (non-hydrogen) atoms. The summed E-state index contributed by atoms with van der Waals surface area (Å²) in [4.78, 5) is 11.8. The number of hydrogen-bond acceptors (Lipinski definition) is 2. The average Bonchev–Trinajstić information content (AvgIpc) is 2.48. The monoisotopic (exact) mass is 285 g/mol. The lowest BCUT2D eigenvalue weighted by molar-refractivity contribution is -0.111. The van der Waals surface area contributed by atoms with E-state index in [9.17, 15) is 9.18 Å². The minimum absolute atomic E-state index is 0.287. The van der Waals surface area contributed by atoms with Gasteiger partial charge in [0.1, 0.15) is 11.6 Å². The summed E-state index contributed by atoms with van der Waals surface area (Å²) in [7, 11) is 1.58. The molecule has 2 aromatic rings. The number of benzene rings is 2. The molecule has 1 N–H and O–H groups in total. The Morgan fingerprint density at radius 3 is 2.57 bits per heavy atom. The molecular weight excluding hydrogens is 269 g/mol. The summed E-state index contributed by atoms with van der Waals surface area (Å²) in [6.07, 6.45) is 3.10. The SMILES string of the molecule is COc1ccc(C)cc1/C=C/C(=O)Nc1ccc(F)cc1. The van der Waals surface area contributed by atoms with Crippen molar-refractivity contribution in [3.05, 3.63) is 65.5 Å². The maximum absolute atomic E-state index is 12.8. The van der Waals surface area contributed by atoms with Crippen LogP contribution in [0.1, 0.15) is 11.1 Å². The van der Waals surface area contributed by atoms with E-state index >= 15 is 0 Å². The van der Waals surface area contributed by atoms with Crippen molar-refractivity contribution in [3.63, 3.8) is 0 Å². The Kier molecular flexibility index (Phi) is 4.72. The Labute approximate surface area is 123 Å². The first kappa shape index (κ1) is 14.8. The third-order valence-electron chi connectivity index (χ3n) is 2.91. The maximum Gasteiger partial charge on any atom is 0.248 e. The van der Waals surface area contributed by atoms with E-state index in [1.807, 2.05) is 25.1 Å². The molecule has 0 atom stereocenters. The quantitative estimate of drug-likeness (QED) is 0.868. The van der Waals surface area contributed by atoms with Crippen LogP contribution in [-0.2, 0) is 4.79 Å². The number of carbonyl (C=O) groups is 1. The van der Waals surface area contributed by atoms with Crippen molar-refractivity contribution in [1.82, 2.24) is 0 Å². The highest BCUT2D eigenvalue weighted by molar-refractivity contribution is 6.02. The highest BCUT2D eigenvalue weighted by atomic mass is 19.1. The molecule has 0 spiro atoms. The van der Waals surface area contributed by atoms with Crippen LogP contribution in [0.2, 0.25) is 0 Å². The highest BCUT2D eigenvalue weighted by Gasteiger charge is 2.02. The summed E-state index contributed by atoms with van der Waals surface area (Å²) in [5, 5.41) is 2.66. The van der Waals surface area contributed by atoms with Gasteiger partial charge in [0.05, 0.1) is 7.11 Å². The first-order chi connectivity index (χ1) is 10.1. The van der Waals surface area contributed by atoms with Crippen LogP contribution in [0.4, 0.5) is 10.1 Å². The van der Waals surface area contributed by atoms with Gasteiger partial charge in [-0.3, -0.25) is 4.79 Å². The number of aryl methyl sites for hydroxylation is 1. The zero-order valence-electron chi connectivity index (χ0n) is 11.9. The maximum atomic E-state index is 12.8. The van der Waals surface area contributed by atoms with Gasteiger partial charge in [-0.25, -0.2) is 4.39 Å². The smallest absolute Gasteiger partial charge is 0.248 e. The molecule has 0 saturated heterocycles. The number of methoxy groups -OCH3 is 1. The molecule has 0 aliphatic carbocycles. The van der Waals surface area contributed by atoms with Crippen molar-refractivity contribution in [2.45, 2.75) is 6.92 Å². The van der Waals surface area contributed by atoms with E-state index < -0.39 is 0 Å². The van der Waals surface area contributed by atoms with Crippen LogP contribution in [-0.4, -0.2) is 13.0 Å². The molecule has 3 nitrogen and oxygen atoms in total. The van der Waals surface area contributed by atoms with Gasteiger partial charge in [-0.2, -0.15) is 0 Å². The number of halogens is 1. The number of rotatable bonds is 4. The fourth-order valence-corrected chi connectivity index (χ4v) is 1.87. The fraction of sp³-hybridized carbons (Fsp3) is 0.118. The van der Waals surface area contributed by atoms with E-state index in [1.54, 1.807) is 13.2 Å². The lowest BCUT2D eigenvalue weighted by atomic mass is 10.1. The average molecular weight is 285 g/mol. The molecule has 2 rings (SSSR count). The summed E-state index contributed by atoms with van der Waals surface area (Å²) in [5.41, 5.74) is 2.45. The molecule has 2 aromatic carbocycles. The molecule has 0 unspecified atom stereocenters. The third kappa shape index (κ3) is 4.18. The summed E-state index contributed by atoms with van der Waals surface area (Å²) in [6, 6.07) is 11.3. The standard InChI is InChI=1S/C17H16FNO2/c1-12-3-9-16(21-2)13(11-12)4-10-17(20)19-15-7-5-14(18)6-8-15/h3-11H,1-2H3,(H,19,20)/b10-4+. The van der Waals surface area contributed by atoms with Crippen molar-refractivity contribution >= 4 is 17.7 Å². The van der Waals surface area contributed by atoms with Crippen LogP contribution in [0, 0.1) is 12.7 Å². The molecule has 0 heterocycles. The van der Waals surface area contributed by atoms with E-state index in [-0.39, 0.29) is 11.7 Å². The van der Waals surface area contributed by atoms with Gasteiger partial charge < -0.3 is 10.1 Å². The number of amides is 1. The van der Waals surface area contributed by atoms with Gasteiger partial charge in [-0.05, 0) is 49.4 Å². The Balaban J connectivity index is 2.08. The van der Waals surface area contributed by atoms with E-state index in [1.165, 1.54) is 30.3 Å². The summed E-state index contributed by atoms with van der Waals surface area (Å²) >= 11 is 0. The Morgan fingerprint density at radius 2 is 1.90 bits per heavy atom. The van der Waals surface area contributed by atoms with Gasteiger partial charge in [0, 0.05) is 17.3 Å². The molecular formula is C17H16FNO2. The lowest BCUT2D eigenvalue weighted by Gasteiger charge is -2.06. The normalized spacial score (nSPS) is 10.6. The molecule has 0 radical (unpaired) electrons. The van der Waals surface area contributed by atoms with Gasteiger partial charge >= 0.3 is 0 Å². The molecule has 0 fully saturated rings. The van der Waals surface area contributed by atoms with Gasteiger partial charge in [-0.1, -0.05) is 11.6 Å². The van der Waals surface area contributed by atoms with Crippen LogP contribution in [0.15, 0.2) is 48.5 Å². The van der Waals surface area contributed by atoms with E-state index in [0.717, 1.165) is 11.1 Å². The van der Waals surface area contributed by atoms with E-state index in [4.69, 9.17) is 4.74 Å². The Bertz CT molecular complexity index is 663. The predicted octanol–water partition coefficient (Wildman–Crippen LogP) is 3.79. The first-order valence-electron chi connectivity index (χ1n) is 6.48. The third-order valence-corrected chi connectivity index (χ3v) is 2.91. The van der Waals surface area contributed by atoms with Gasteiger partial charge in [-0.15, -0.1) is 0 Å². The molecule has 0 saturated carbocycles.